The van der Waals surface area contributed by atoms with E-state index in [-0.39, 0.29) is 53.9 Å². The zero-order valence-corrected chi connectivity index (χ0v) is 24.7. The number of rotatable bonds is 16. The van der Waals surface area contributed by atoms with Gasteiger partial charge < -0.3 is 0 Å². The molecule has 33 heavy (non-hydrogen) atoms. The molecule has 0 aromatic rings. The molecule has 1 saturated heterocycles. The van der Waals surface area contributed by atoms with E-state index in [9.17, 15) is 19.5 Å². The van der Waals surface area contributed by atoms with Crippen molar-refractivity contribution >= 4 is 34.1 Å². The molecular formula is C24H38I2NO6-. The second-order valence-electron chi connectivity index (χ2n) is 8.96. The van der Waals surface area contributed by atoms with Crippen LogP contribution in [0.5, 0.6) is 0 Å². The fourth-order valence-electron chi connectivity index (χ4n) is 3.32. The first-order valence-corrected chi connectivity index (χ1v) is 20.3. The van der Waals surface area contributed by atoms with Crippen LogP contribution in [0.2, 0.25) is 0 Å². The van der Waals surface area contributed by atoms with E-state index >= 15 is 0 Å². The van der Waals surface area contributed by atoms with Gasteiger partial charge in [-0.1, -0.05) is 11.6 Å². The topological polar surface area (TPSA) is 112 Å². The predicted molar refractivity (Wildman–Crippen MR) is 134 cm³/mol. The molecule has 9 heteroatoms. The Morgan fingerprint density at radius 1 is 1.21 bits per heavy atom. The van der Waals surface area contributed by atoms with Crippen LogP contribution in [0, 0.1) is 17.3 Å². The summed E-state index contributed by atoms with van der Waals surface area (Å²) in [7, 11) is 0. The van der Waals surface area contributed by atoms with Gasteiger partial charge in [0.2, 0.25) is 0 Å². The van der Waals surface area contributed by atoms with Crippen LogP contribution in [0.3, 0.4) is 0 Å². The van der Waals surface area contributed by atoms with E-state index in [2.05, 4.69) is 14.9 Å². The Bertz CT molecular complexity index is 762. The van der Waals surface area contributed by atoms with Crippen LogP contribution in [-0.4, -0.2) is 41.0 Å². The second-order valence-corrected chi connectivity index (χ2v) is 21.9. The van der Waals surface area contributed by atoms with Gasteiger partial charge in [-0.15, -0.1) is 6.58 Å². The Kier molecular flexibility index (Phi) is 12.9. The number of hydrogen-bond acceptors (Lipinski definition) is 7. The number of Topliss-reactive ketones (excluding diaryl/α,β-unsaturated/α-hetero) is 2. The van der Waals surface area contributed by atoms with Crippen molar-refractivity contribution in [3.63, 3.8) is 0 Å². The molecule has 1 rings (SSSR count). The molecule has 190 valence electrons. The first kappa shape index (κ1) is 30.4. The van der Waals surface area contributed by atoms with Crippen LogP contribution in [0.25, 0.3) is 0 Å². The van der Waals surface area contributed by atoms with Gasteiger partial charge in [0.25, 0.3) is 0 Å². The molecule has 7 nitrogen and oxygen atoms in total. The standard InChI is InChI=1S/C24H38I2NO6/c1-9-11-15(3)12-13-19(18(6)28)32-21(30)14-20(29)24(7,8)23(31)17(5)22(16(4)10-2)33-26-25-27-26/h9-10,12,16-17,19-20,22,27,29H,1-2,11,13-14H2,3-8H3/q-1/b15-12-/t16-,17+,19-,20-,22-/m0/s1. The Hall–Kier alpha value is -0.630. The number of hydrogen-bond donors (Lipinski definition) is 2. The van der Waals surface area contributed by atoms with E-state index in [1.165, 1.54) is 6.92 Å². The van der Waals surface area contributed by atoms with Crippen molar-refractivity contribution in [3.8, 4) is 0 Å². The van der Waals surface area contributed by atoms with Gasteiger partial charge in [-0.2, -0.15) is 0 Å². The summed E-state index contributed by atoms with van der Waals surface area (Å²) in [6.45, 7) is 17.8. The summed E-state index contributed by atoms with van der Waals surface area (Å²) in [4.78, 5) is 37.8. The molecule has 1 heterocycles. The molecule has 0 bridgehead atoms. The van der Waals surface area contributed by atoms with Crippen LogP contribution < -0.4 is 19.2 Å². The van der Waals surface area contributed by atoms with Crippen molar-refractivity contribution in [3.05, 3.63) is 37.0 Å². The molecule has 1 aliphatic rings. The second kappa shape index (κ2) is 14.1. The first-order chi connectivity index (χ1) is 15.3. The molecule has 0 amide bonds. The van der Waals surface area contributed by atoms with Gasteiger partial charge in [0.1, 0.15) is 0 Å². The van der Waals surface area contributed by atoms with Gasteiger partial charge in [-0.3, -0.25) is 0 Å². The number of esters is 1. The van der Waals surface area contributed by atoms with Crippen LogP contribution in [0.15, 0.2) is 37.0 Å². The van der Waals surface area contributed by atoms with Crippen molar-refractivity contribution in [1.82, 2.24) is 1.74 Å². The fraction of sp³-hybridized carbons (Fsp3) is 0.625. The maximum atomic E-state index is 13.3. The third kappa shape index (κ3) is 9.87. The van der Waals surface area contributed by atoms with Crippen LogP contribution in [0.1, 0.15) is 60.8 Å². The zero-order chi connectivity index (χ0) is 25.3. The van der Waals surface area contributed by atoms with Gasteiger partial charge in [-0.25, -0.2) is 0 Å². The molecule has 1 aliphatic heterocycles. The van der Waals surface area contributed by atoms with Gasteiger partial charge in [-0.05, 0) is 13.3 Å². The van der Waals surface area contributed by atoms with Crippen molar-refractivity contribution in [1.29, 1.82) is 0 Å². The minimum atomic E-state index is -1.48. The van der Waals surface area contributed by atoms with Crippen molar-refractivity contribution in [2.75, 3.05) is 0 Å². The molecule has 0 unspecified atom stereocenters. The summed E-state index contributed by atoms with van der Waals surface area (Å²) in [6, 6.07) is 0. The molecule has 0 aromatic carbocycles. The molecule has 5 atom stereocenters. The summed E-state index contributed by atoms with van der Waals surface area (Å²) in [6.07, 6.45) is 3.46. The zero-order valence-electron chi connectivity index (χ0n) is 20.4. The molecule has 2 N–H and O–H groups in total. The molecule has 0 spiro atoms. The van der Waals surface area contributed by atoms with Crippen LogP contribution in [0.4, 0.5) is 0 Å². The third-order valence-electron chi connectivity index (χ3n) is 5.81. The molecule has 0 saturated carbocycles. The summed E-state index contributed by atoms with van der Waals surface area (Å²) in [5.41, 5.74) is -0.173. The first-order valence-electron chi connectivity index (χ1n) is 10.9. The van der Waals surface area contributed by atoms with Gasteiger partial charge in [0, 0.05) is 0 Å². The number of halogens is 2. The summed E-state index contributed by atoms with van der Waals surface area (Å²) >= 11 is -1.51. The third-order valence-corrected chi connectivity index (χ3v) is 13.8. The van der Waals surface area contributed by atoms with Crippen molar-refractivity contribution in [2.24, 2.45) is 17.3 Å². The number of aliphatic hydroxyl groups excluding tert-OH is 1. The number of ether oxygens (including phenoxy) is 1. The Morgan fingerprint density at radius 2 is 1.82 bits per heavy atom. The average molecular weight is 690 g/mol. The molecule has 0 radical (unpaired) electrons. The van der Waals surface area contributed by atoms with E-state index in [0.29, 0.717) is 6.42 Å². The van der Waals surface area contributed by atoms with Crippen LogP contribution >= 0.6 is 16.5 Å². The van der Waals surface area contributed by atoms with E-state index in [1.807, 2.05) is 26.8 Å². The normalized spacial score (nSPS) is 19.8. The quantitative estimate of drug-likeness (QED) is 0.0830. The van der Waals surface area contributed by atoms with Crippen molar-refractivity contribution < 1.29 is 44.8 Å². The Balaban J connectivity index is 2.81. The SMILES string of the molecule is C=CC/C(C)=C\C[C@H](OC(=O)C[C@H](O)C(C)(C)C(=O)[C@H](C)[C@@H](OI1N[I-]1)[C@@H](C)C=C)C(C)=O. The van der Waals surface area contributed by atoms with Crippen LogP contribution in [-0.2, 0) is 22.2 Å². The van der Waals surface area contributed by atoms with Gasteiger partial charge >= 0.3 is 182 Å². The van der Waals surface area contributed by atoms with E-state index in [0.717, 1.165) is 5.57 Å². The van der Waals surface area contributed by atoms with E-state index in [4.69, 9.17) is 7.80 Å². The molecule has 0 aliphatic carbocycles. The Morgan fingerprint density at radius 3 is 2.30 bits per heavy atom. The average Bonchev–Trinajstić information content (AvgIpc) is 3.57. The summed E-state index contributed by atoms with van der Waals surface area (Å²) in [5, 5.41) is 10.8. The molecular weight excluding hydrogens is 652 g/mol. The number of allylic oxidation sites excluding steroid dienone is 2. The number of nitrogens with one attached hydrogen (secondary N) is 1. The molecule has 1 fully saturated rings. The Labute approximate surface area is 212 Å². The maximum absolute atomic E-state index is 13.3. The number of carbonyl (C=O) groups is 3. The summed E-state index contributed by atoms with van der Waals surface area (Å²) in [5.74, 6) is -1.64. The number of aliphatic hydroxyl groups is 1. The predicted octanol–water partition coefficient (Wildman–Crippen LogP) is 1.45. The summed E-state index contributed by atoms with van der Waals surface area (Å²) < 4.78 is 14.8. The monoisotopic (exact) mass is 690 g/mol. The van der Waals surface area contributed by atoms with E-state index < -0.39 is 46.0 Å². The molecule has 0 aromatic heterocycles. The fourth-order valence-corrected chi connectivity index (χ4v) is 11.0. The van der Waals surface area contributed by atoms with Crippen molar-refractivity contribution in [2.45, 2.75) is 79.1 Å². The number of ketones is 2. The minimum absolute atomic E-state index is 0.0144. The van der Waals surface area contributed by atoms with Gasteiger partial charge in [0.05, 0.1) is 0 Å². The number of carbonyl (C=O) groups excluding carboxylic acids is 3. The van der Waals surface area contributed by atoms with E-state index in [1.54, 1.807) is 26.0 Å². The van der Waals surface area contributed by atoms with Gasteiger partial charge in [0.15, 0.2) is 0 Å².